The van der Waals surface area contributed by atoms with Crippen molar-refractivity contribution in [1.82, 2.24) is 0 Å². The molecule has 0 amide bonds. The summed E-state index contributed by atoms with van der Waals surface area (Å²) in [4.78, 5) is 27.8. The summed E-state index contributed by atoms with van der Waals surface area (Å²) in [5.41, 5.74) is -1.31. The lowest BCUT2D eigenvalue weighted by atomic mass is 9.83. The lowest BCUT2D eigenvalue weighted by Crippen LogP contribution is -2.34. The maximum Gasteiger partial charge on any atom is 0.341 e. The van der Waals surface area contributed by atoms with Gasteiger partial charge in [-0.2, -0.15) is 0 Å². The lowest BCUT2D eigenvalue weighted by molar-refractivity contribution is -0.141. The molecule has 8 heteroatoms. The molecule has 2 N–H and O–H groups in total. The van der Waals surface area contributed by atoms with E-state index in [0.717, 1.165) is 10.5 Å². The van der Waals surface area contributed by atoms with Crippen LogP contribution >= 0.6 is 39.1 Å². The third kappa shape index (κ3) is 3.05. The van der Waals surface area contributed by atoms with Gasteiger partial charge in [0.05, 0.1) is 10.4 Å². The van der Waals surface area contributed by atoms with E-state index in [1.165, 1.54) is 18.2 Å². The molecule has 1 aliphatic heterocycles. The number of nitrogens with zero attached hydrogens (tertiary/aromatic N) is 1. The fourth-order valence-corrected chi connectivity index (χ4v) is 3.74. The van der Waals surface area contributed by atoms with Gasteiger partial charge in [0.2, 0.25) is 5.54 Å². The van der Waals surface area contributed by atoms with Crippen molar-refractivity contribution < 1.29 is 19.8 Å². The van der Waals surface area contributed by atoms with Crippen LogP contribution in [0.5, 0.6) is 0 Å². The molecule has 0 saturated heterocycles. The number of halogens is 3. The standard InChI is InChI=1S/C18H10BrCl2NO4/c19-10-3-1-9(2-4-10)18(17(25)26)12(5-6-15(23)24)16-13(21)7-11(20)8-14(16)22-18/h1-8H,(H,23,24)(H,25,26). The molecule has 132 valence electrons. The SMILES string of the molecule is O=C(O)C=CC1=c2c(Cl)cc(Cl)cc2=NC1(C(=O)O)c1ccc(Br)cc1. The average molecular weight is 455 g/mol. The number of hydrogen-bond acceptors (Lipinski definition) is 3. The van der Waals surface area contributed by atoms with Crippen molar-refractivity contribution in [3.63, 3.8) is 0 Å². The molecule has 0 fully saturated rings. The van der Waals surface area contributed by atoms with E-state index < -0.39 is 17.5 Å². The van der Waals surface area contributed by atoms with Crippen LogP contribution in [0.25, 0.3) is 5.57 Å². The predicted octanol–water partition coefficient (Wildman–Crippen LogP) is 3.16. The number of aliphatic carboxylic acids is 2. The second kappa shape index (κ2) is 6.87. The molecule has 1 unspecified atom stereocenters. The molecule has 3 rings (SSSR count). The third-order valence-electron chi connectivity index (χ3n) is 3.95. The van der Waals surface area contributed by atoms with Gasteiger partial charge in [-0.15, -0.1) is 0 Å². The highest BCUT2D eigenvalue weighted by Gasteiger charge is 2.46. The summed E-state index contributed by atoms with van der Waals surface area (Å²) in [6, 6.07) is 9.55. The van der Waals surface area contributed by atoms with Gasteiger partial charge in [0.1, 0.15) is 0 Å². The number of benzene rings is 2. The Hall–Kier alpha value is -2.15. The fraction of sp³-hybridized carbons (Fsp3) is 0.0556. The number of carboxylic acid groups (broad SMARTS) is 2. The maximum atomic E-state index is 12.3. The monoisotopic (exact) mass is 453 g/mol. The van der Waals surface area contributed by atoms with Gasteiger partial charge in [-0.05, 0) is 35.9 Å². The van der Waals surface area contributed by atoms with Gasteiger partial charge >= 0.3 is 11.9 Å². The van der Waals surface area contributed by atoms with Crippen LogP contribution in [0, 0.1) is 0 Å². The van der Waals surface area contributed by atoms with E-state index in [1.54, 1.807) is 24.3 Å². The molecule has 1 heterocycles. The summed E-state index contributed by atoms with van der Waals surface area (Å²) >= 11 is 15.6. The molecular weight excluding hydrogens is 445 g/mol. The zero-order chi connectivity index (χ0) is 19.1. The zero-order valence-corrected chi connectivity index (χ0v) is 16.0. The number of carboxylic acids is 2. The van der Waals surface area contributed by atoms with Crippen LogP contribution in [-0.2, 0) is 15.1 Å². The van der Waals surface area contributed by atoms with Gasteiger partial charge in [0.15, 0.2) is 0 Å². The largest absolute Gasteiger partial charge is 0.479 e. The van der Waals surface area contributed by atoms with Gasteiger partial charge in [-0.25, -0.2) is 9.59 Å². The first-order valence-corrected chi connectivity index (χ1v) is 8.81. The summed E-state index contributed by atoms with van der Waals surface area (Å²) in [7, 11) is 0. The Bertz CT molecular complexity index is 1080. The lowest BCUT2D eigenvalue weighted by Gasteiger charge is -2.24. The highest BCUT2D eigenvalue weighted by molar-refractivity contribution is 9.10. The number of fused-ring (bicyclic) bond motifs is 1. The van der Waals surface area contributed by atoms with E-state index in [-0.39, 0.29) is 16.0 Å². The third-order valence-corrected chi connectivity index (χ3v) is 4.99. The Morgan fingerprint density at radius 1 is 1.12 bits per heavy atom. The van der Waals surface area contributed by atoms with E-state index in [2.05, 4.69) is 20.9 Å². The maximum absolute atomic E-state index is 12.3. The average Bonchev–Trinajstić information content (AvgIpc) is 2.89. The summed E-state index contributed by atoms with van der Waals surface area (Å²) in [5, 5.41) is 20.2. The molecule has 0 aliphatic carbocycles. The van der Waals surface area contributed by atoms with E-state index >= 15 is 0 Å². The van der Waals surface area contributed by atoms with Crippen molar-refractivity contribution in [1.29, 1.82) is 0 Å². The van der Waals surface area contributed by atoms with E-state index in [9.17, 15) is 14.7 Å². The summed E-state index contributed by atoms with van der Waals surface area (Å²) in [6.07, 6.45) is 2.08. The van der Waals surface area contributed by atoms with Crippen LogP contribution in [0.4, 0.5) is 0 Å². The van der Waals surface area contributed by atoms with Crippen molar-refractivity contribution in [2.75, 3.05) is 0 Å². The molecule has 0 spiro atoms. The number of rotatable bonds is 4. The van der Waals surface area contributed by atoms with Crippen LogP contribution in [0.3, 0.4) is 0 Å². The van der Waals surface area contributed by atoms with Gasteiger partial charge in [-0.1, -0.05) is 51.3 Å². The first kappa shape index (κ1) is 18.6. The Morgan fingerprint density at radius 3 is 2.35 bits per heavy atom. The topological polar surface area (TPSA) is 87.0 Å². The minimum absolute atomic E-state index is 0.159. The van der Waals surface area contributed by atoms with Crippen LogP contribution in [0.15, 0.2) is 58.0 Å². The Labute approximate surface area is 166 Å². The minimum Gasteiger partial charge on any atom is -0.479 e. The predicted molar refractivity (Wildman–Crippen MR) is 101 cm³/mol. The van der Waals surface area contributed by atoms with E-state index in [0.29, 0.717) is 15.8 Å². The van der Waals surface area contributed by atoms with Gasteiger partial charge in [-0.3, -0.25) is 4.99 Å². The molecule has 0 aromatic heterocycles. The summed E-state index contributed by atoms with van der Waals surface area (Å²) in [5.74, 6) is -2.47. The van der Waals surface area contributed by atoms with Gasteiger partial charge < -0.3 is 10.2 Å². The van der Waals surface area contributed by atoms with Crippen molar-refractivity contribution in [3.05, 3.63) is 79.2 Å². The summed E-state index contributed by atoms with van der Waals surface area (Å²) < 4.78 is 0.765. The molecule has 0 bridgehead atoms. The molecule has 1 atom stereocenters. The zero-order valence-electron chi connectivity index (χ0n) is 12.9. The van der Waals surface area contributed by atoms with Gasteiger partial charge in [0.25, 0.3) is 0 Å². The van der Waals surface area contributed by atoms with Crippen LogP contribution < -0.4 is 10.6 Å². The van der Waals surface area contributed by atoms with Crippen molar-refractivity contribution in [2.45, 2.75) is 5.54 Å². The Balaban J connectivity index is 2.46. The Kier molecular flexibility index (Phi) is 4.92. The second-order valence-electron chi connectivity index (χ2n) is 5.50. The first-order chi connectivity index (χ1) is 12.3. The molecule has 0 saturated carbocycles. The van der Waals surface area contributed by atoms with Gasteiger partial charge in [0, 0.05) is 26.4 Å². The van der Waals surface area contributed by atoms with Crippen molar-refractivity contribution in [2.24, 2.45) is 4.99 Å². The van der Waals surface area contributed by atoms with Crippen LogP contribution in [0.1, 0.15) is 5.56 Å². The highest BCUT2D eigenvalue weighted by atomic mass is 79.9. The van der Waals surface area contributed by atoms with E-state index in [1.807, 2.05) is 0 Å². The normalized spacial score (nSPS) is 18.7. The minimum atomic E-state index is -1.83. The van der Waals surface area contributed by atoms with E-state index in [4.69, 9.17) is 28.3 Å². The van der Waals surface area contributed by atoms with Crippen LogP contribution in [-0.4, -0.2) is 22.2 Å². The fourth-order valence-electron chi connectivity index (χ4n) is 2.89. The Morgan fingerprint density at radius 2 is 1.77 bits per heavy atom. The quantitative estimate of drug-likeness (QED) is 0.694. The van der Waals surface area contributed by atoms with Crippen LogP contribution in [0.2, 0.25) is 10.0 Å². The molecule has 26 heavy (non-hydrogen) atoms. The summed E-state index contributed by atoms with van der Waals surface area (Å²) in [6.45, 7) is 0. The molecular formula is C18H10BrCl2NO4. The molecule has 5 nitrogen and oxygen atoms in total. The second-order valence-corrected chi connectivity index (χ2v) is 7.26. The molecule has 0 radical (unpaired) electrons. The smallest absolute Gasteiger partial charge is 0.341 e. The number of hydrogen-bond donors (Lipinski definition) is 2. The molecule has 1 aliphatic rings. The first-order valence-electron chi connectivity index (χ1n) is 7.26. The highest BCUT2D eigenvalue weighted by Crippen LogP contribution is 2.38. The molecule has 2 aromatic rings. The molecule has 2 aromatic carbocycles. The van der Waals surface area contributed by atoms with Crippen molar-refractivity contribution >= 4 is 56.6 Å². The van der Waals surface area contributed by atoms with Crippen molar-refractivity contribution in [3.8, 4) is 0 Å². The number of carbonyl (C=O) groups is 2.